The van der Waals surface area contributed by atoms with E-state index in [-0.39, 0.29) is 0 Å². The van der Waals surface area contributed by atoms with Crippen LogP contribution in [0.5, 0.6) is 0 Å². The minimum Gasteiger partial charge on any atom is -0.193 e. The highest BCUT2D eigenvalue weighted by Gasteiger charge is 2.50. The molecule has 2 atom stereocenters. The summed E-state index contributed by atoms with van der Waals surface area (Å²) >= 11 is 0. The first-order valence-electron chi connectivity index (χ1n) is 5.40. The predicted molar refractivity (Wildman–Crippen MR) is 57.4 cm³/mol. The minimum absolute atomic E-state index is 0.518. The van der Waals surface area contributed by atoms with Crippen LogP contribution in [0.3, 0.4) is 0 Å². The van der Waals surface area contributed by atoms with Gasteiger partial charge >= 0.3 is 0 Å². The molecule has 2 unspecified atom stereocenters. The van der Waals surface area contributed by atoms with Crippen molar-refractivity contribution >= 4 is 0 Å². The summed E-state index contributed by atoms with van der Waals surface area (Å²) in [5.41, 5.74) is 2.08. The summed E-state index contributed by atoms with van der Waals surface area (Å²) in [6.07, 6.45) is 9.58. The topological polar surface area (TPSA) is 23.8 Å². The lowest BCUT2D eigenvalue weighted by Crippen LogP contribution is -2.47. The number of hydrogen-bond acceptors (Lipinski definition) is 1. The van der Waals surface area contributed by atoms with Gasteiger partial charge in [0.25, 0.3) is 0 Å². The molecule has 1 saturated carbocycles. The molecule has 3 aliphatic rings. The second kappa shape index (κ2) is 3.28. The lowest BCUT2D eigenvalue weighted by Gasteiger charge is -2.56. The molecule has 0 spiro atoms. The van der Waals surface area contributed by atoms with Crippen molar-refractivity contribution in [3.8, 4) is 6.07 Å². The van der Waals surface area contributed by atoms with Crippen LogP contribution >= 0.6 is 0 Å². The molecule has 0 N–H and O–H groups in total. The smallest absolute Gasteiger partial charge is 0.0908 e. The van der Waals surface area contributed by atoms with Gasteiger partial charge in [-0.15, -0.1) is 0 Å². The molecule has 2 bridgehead atoms. The molecule has 0 heterocycles. The third-order valence-corrected chi connectivity index (χ3v) is 4.13. The molecule has 3 aliphatic carbocycles. The van der Waals surface area contributed by atoms with Crippen LogP contribution in [0.2, 0.25) is 0 Å². The van der Waals surface area contributed by atoms with E-state index >= 15 is 0 Å². The second-order valence-corrected chi connectivity index (χ2v) is 5.06. The SMILES string of the molecule is CC1(C)C2CC=C(C/C=C/C#N)C1C2. The largest absolute Gasteiger partial charge is 0.193 e. The monoisotopic (exact) mass is 187 g/mol. The molecule has 74 valence electrons. The summed E-state index contributed by atoms with van der Waals surface area (Å²) in [5, 5.41) is 8.42. The molecule has 1 nitrogen and oxygen atoms in total. The van der Waals surface area contributed by atoms with E-state index in [1.807, 2.05) is 12.1 Å². The van der Waals surface area contributed by atoms with Crippen molar-refractivity contribution in [3.05, 3.63) is 23.8 Å². The van der Waals surface area contributed by atoms with Gasteiger partial charge in [-0.05, 0) is 36.5 Å². The summed E-state index contributed by atoms with van der Waals surface area (Å²) in [4.78, 5) is 0. The molecule has 0 aromatic carbocycles. The van der Waals surface area contributed by atoms with E-state index in [9.17, 15) is 0 Å². The van der Waals surface area contributed by atoms with Crippen molar-refractivity contribution in [2.45, 2.75) is 33.1 Å². The van der Waals surface area contributed by atoms with Crippen LogP contribution in [0.4, 0.5) is 0 Å². The summed E-state index contributed by atoms with van der Waals surface area (Å²) in [7, 11) is 0. The van der Waals surface area contributed by atoms with E-state index in [0.29, 0.717) is 5.41 Å². The van der Waals surface area contributed by atoms with E-state index in [0.717, 1.165) is 18.3 Å². The Hall–Kier alpha value is -1.03. The maximum atomic E-state index is 8.42. The molecule has 0 aromatic heterocycles. The van der Waals surface area contributed by atoms with Gasteiger partial charge in [0, 0.05) is 6.08 Å². The Labute approximate surface area is 86.1 Å². The van der Waals surface area contributed by atoms with Gasteiger partial charge < -0.3 is 0 Å². The van der Waals surface area contributed by atoms with E-state index in [1.165, 1.54) is 12.8 Å². The van der Waals surface area contributed by atoms with Crippen molar-refractivity contribution in [1.29, 1.82) is 5.26 Å². The van der Waals surface area contributed by atoms with Gasteiger partial charge in [0.05, 0.1) is 6.07 Å². The first-order valence-corrected chi connectivity index (χ1v) is 5.40. The Bertz CT molecular complexity index is 328. The molecular weight excluding hydrogens is 170 g/mol. The van der Waals surface area contributed by atoms with Gasteiger partial charge in [-0.25, -0.2) is 0 Å². The molecule has 0 aliphatic heterocycles. The standard InChI is InChI=1S/C13H17N/c1-13(2)11-7-6-10(12(13)9-11)5-3-4-8-14/h3-4,6,11-12H,5,7,9H2,1-2H3/b4-3+. The summed E-state index contributed by atoms with van der Waals surface area (Å²) < 4.78 is 0. The van der Waals surface area contributed by atoms with Crippen molar-refractivity contribution in [2.24, 2.45) is 17.3 Å². The quantitative estimate of drug-likeness (QED) is 0.480. The van der Waals surface area contributed by atoms with Gasteiger partial charge in [0.2, 0.25) is 0 Å². The Balaban J connectivity index is 2.05. The Morgan fingerprint density at radius 1 is 1.64 bits per heavy atom. The summed E-state index contributed by atoms with van der Waals surface area (Å²) in [5.74, 6) is 1.70. The van der Waals surface area contributed by atoms with Gasteiger partial charge in [-0.3, -0.25) is 0 Å². The summed E-state index contributed by atoms with van der Waals surface area (Å²) in [6, 6.07) is 2.05. The predicted octanol–water partition coefficient (Wildman–Crippen LogP) is 3.45. The number of fused-ring (bicyclic) bond motifs is 1. The van der Waals surface area contributed by atoms with Crippen molar-refractivity contribution in [2.75, 3.05) is 0 Å². The number of nitriles is 1. The molecule has 0 saturated heterocycles. The number of nitrogens with zero attached hydrogens (tertiary/aromatic N) is 1. The van der Waals surface area contributed by atoms with Crippen LogP contribution in [0, 0.1) is 28.6 Å². The van der Waals surface area contributed by atoms with Crippen LogP contribution < -0.4 is 0 Å². The number of hydrogen-bond donors (Lipinski definition) is 0. The molecule has 14 heavy (non-hydrogen) atoms. The highest BCUT2D eigenvalue weighted by Crippen LogP contribution is 2.59. The zero-order chi connectivity index (χ0) is 10.2. The normalized spacial score (nSPS) is 33.4. The fourth-order valence-corrected chi connectivity index (χ4v) is 2.95. The van der Waals surface area contributed by atoms with Gasteiger partial charge in [0.1, 0.15) is 0 Å². The maximum Gasteiger partial charge on any atom is 0.0908 e. The van der Waals surface area contributed by atoms with E-state index in [4.69, 9.17) is 5.26 Å². The lowest BCUT2D eigenvalue weighted by molar-refractivity contribution is -0.00719. The Kier molecular flexibility index (Phi) is 2.23. The first-order chi connectivity index (χ1) is 6.66. The summed E-state index contributed by atoms with van der Waals surface area (Å²) in [6.45, 7) is 4.76. The fraction of sp³-hybridized carbons (Fsp3) is 0.615. The average Bonchev–Trinajstić information content (AvgIpc) is 2.18. The van der Waals surface area contributed by atoms with Crippen molar-refractivity contribution in [3.63, 3.8) is 0 Å². The zero-order valence-electron chi connectivity index (χ0n) is 8.96. The number of rotatable bonds is 2. The molecule has 3 rings (SSSR count). The van der Waals surface area contributed by atoms with Crippen LogP contribution in [0.15, 0.2) is 23.8 Å². The Morgan fingerprint density at radius 3 is 3.00 bits per heavy atom. The highest BCUT2D eigenvalue weighted by atomic mass is 14.5. The van der Waals surface area contributed by atoms with E-state index in [1.54, 1.807) is 11.6 Å². The maximum absolute atomic E-state index is 8.42. The van der Waals surface area contributed by atoms with Gasteiger partial charge in [-0.2, -0.15) is 5.26 Å². The third kappa shape index (κ3) is 1.30. The molecule has 0 radical (unpaired) electrons. The van der Waals surface area contributed by atoms with Crippen LogP contribution in [-0.4, -0.2) is 0 Å². The van der Waals surface area contributed by atoms with E-state index in [2.05, 4.69) is 19.9 Å². The van der Waals surface area contributed by atoms with Crippen molar-refractivity contribution < 1.29 is 0 Å². The highest BCUT2D eigenvalue weighted by molar-refractivity contribution is 5.25. The zero-order valence-corrected chi connectivity index (χ0v) is 8.96. The van der Waals surface area contributed by atoms with Crippen molar-refractivity contribution in [1.82, 2.24) is 0 Å². The minimum atomic E-state index is 0.518. The lowest BCUT2D eigenvalue weighted by atomic mass is 9.48. The second-order valence-electron chi connectivity index (χ2n) is 5.06. The molecular formula is C13H17N. The van der Waals surface area contributed by atoms with Crippen LogP contribution in [-0.2, 0) is 0 Å². The number of allylic oxidation sites excluding steroid dienone is 4. The Morgan fingerprint density at radius 2 is 2.43 bits per heavy atom. The molecule has 1 heteroatoms. The molecule has 1 fully saturated rings. The van der Waals surface area contributed by atoms with Gasteiger partial charge in [-0.1, -0.05) is 31.6 Å². The average molecular weight is 187 g/mol. The first kappa shape index (κ1) is 9.52. The van der Waals surface area contributed by atoms with Crippen LogP contribution in [0.1, 0.15) is 33.1 Å². The molecule has 0 aromatic rings. The fourth-order valence-electron chi connectivity index (χ4n) is 2.95. The van der Waals surface area contributed by atoms with E-state index < -0.39 is 0 Å². The van der Waals surface area contributed by atoms with Crippen LogP contribution in [0.25, 0.3) is 0 Å². The third-order valence-electron chi connectivity index (χ3n) is 4.13. The molecule has 0 amide bonds. The van der Waals surface area contributed by atoms with Gasteiger partial charge in [0.15, 0.2) is 0 Å².